The fourth-order valence-electron chi connectivity index (χ4n) is 2.90. The van der Waals surface area contributed by atoms with Crippen molar-refractivity contribution in [1.82, 2.24) is 15.3 Å². The summed E-state index contributed by atoms with van der Waals surface area (Å²) in [6.07, 6.45) is 2.53. The first-order valence-electron chi connectivity index (χ1n) is 10.5. The molecule has 1 fully saturated rings. The number of alkyl carbamates (subject to hydrolysis) is 1. The summed E-state index contributed by atoms with van der Waals surface area (Å²) in [5.41, 5.74) is -0.937. The fraction of sp³-hybridized carbons (Fsp3) is 0.714. The Bertz CT molecular complexity index is 789. The van der Waals surface area contributed by atoms with Gasteiger partial charge in [-0.1, -0.05) is 0 Å². The van der Waals surface area contributed by atoms with E-state index in [9.17, 15) is 9.59 Å². The molecule has 1 aliphatic rings. The predicted molar refractivity (Wildman–Crippen MR) is 119 cm³/mol. The molecular formula is C21H35BN4O5. The van der Waals surface area contributed by atoms with E-state index in [2.05, 4.69) is 15.3 Å². The van der Waals surface area contributed by atoms with Crippen molar-refractivity contribution in [3.8, 4) is 0 Å². The Morgan fingerprint density at radius 3 is 1.97 bits per heavy atom. The summed E-state index contributed by atoms with van der Waals surface area (Å²) in [5, 5.41) is 2.57. The average molecular weight is 434 g/mol. The number of ether oxygens (including phenoxy) is 1. The predicted octanol–water partition coefficient (Wildman–Crippen LogP) is 2.43. The minimum Gasteiger partial charge on any atom is -0.444 e. The van der Waals surface area contributed by atoms with Crippen LogP contribution in [0.5, 0.6) is 0 Å². The summed E-state index contributed by atoms with van der Waals surface area (Å²) in [5.74, 6) is -0.109. The quantitative estimate of drug-likeness (QED) is 0.710. The molecule has 172 valence electrons. The third-order valence-electron chi connectivity index (χ3n) is 5.26. The Hall–Kier alpha value is -2.20. The number of hydrogen-bond acceptors (Lipinski definition) is 7. The van der Waals surface area contributed by atoms with Crippen molar-refractivity contribution in [2.75, 3.05) is 4.90 Å². The number of amides is 2. The third-order valence-corrected chi connectivity index (χ3v) is 5.26. The third kappa shape index (κ3) is 5.95. The van der Waals surface area contributed by atoms with Gasteiger partial charge in [0, 0.05) is 23.9 Å². The van der Waals surface area contributed by atoms with Gasteiger partial charge in [-0.25, -0.2) is 14.8 Å². The Labute approximate surface area is 185 Å². The first-order valence-corrected chi connectivity index (χ1v) is 10.5. The fourth-order valence-corrected chi connectivity index (χ4v) is 2.90. The molecule has 9 nitrogen and oxygen atoms in total. The van der Waals surface area contributed by atoms with Crippen LogP contribution in [0.1, 0.15) is 69.2 Å². The van der Waals surface area contributed by atoms with E-state index in [1.165, 1.54) is 4.90 Å². The molecule has 0 saturated carbocycles. The summed E-state index contributed by atoms with van der Waals surface area (Å²) in [7, 11) is -0.588. The number of hydrogen-bond donors (Lipinski definition) is 1. The number of carbonyl (C=O) groups is 2. The molecule has 0 bridgehead atoms. The molecule has 0 aliphatic carbocycles. The van der Waals surface area contributed by atoms with E-state index in [-0.39, 0.29) is 17.9 Å². The van der Waals surface area contributed by atoms with E-state index in [1.54, 1.807) is 40.1 Å². The van der Waals surface area contributed by atoms with Gasteiger partial charge in [-0.3, -0.25) is 9.69 Å². The number of rotatable bonds is 5. The van der Waals surface area contributed by atoms with Crippen LogP contribution >= 0.6 is 0 Å². The summed E-state index contributed by atoms with van der Waals surface area (Å²) in [4.78, 5) is 35.2. The maximum absolute atomic E-state index is 13.0. The van der Waals surface area contributed by atoms with Crippen molar-refractivity contribution in [3.05, 3.63) is 12.4 Å². The smallest absolute Gasteiger partial charge is 0.444 e. The Balaban J connectivity index is 2.15. The van der Waals surface area contributed by atoms with Crippen molar-refractivity contribution in [3.63, 3.8) is 0 Å². The second kappa shape index (κ2) is 8.74. The minimum atomic E-state index is -0.816. The van der Waals surface area contributed by atoms with Gasteiger partial charge < -0.3 is 19.4 Å². The van der Waals surface area contributed by atoms with Crippen LogP contribution < -0.4 is 15.7 Å². The molecule has 10 heteroatoms. The molecule has 1 N–H and O–H groups in total. The van der Waals surface area contributed by atoms with Gasteiger partial charge in [-0.15, -0.1) is 0 Å². The van der Waals surface area contributed by atoms with Crippen LogP contribution in [0, 0.1) is 0 Å². The van der Waals surface area contributed by atoms with Gasteiger partial charge >= 0.3 is 13.2 Å². The first-order chi connectivity index (χ1) is 14.0. The number of nitrogens with one attached hydrogen (secondary N) is 1. The molecule has 1 aromatic heterocycles. The van der Waals surface area contributed by atoms with Crippen molar-refractivity contribution >= 4 is 30.5 Å². The van der Waals surface area contributed by atoms with Crippen LogP contribution in [0.15, 0.2) is 12.4 Å². The second-order valence-electron chi connectivity index (χ2n) is 10.1. The molecule has 1 unspecified atom stereocenters. The molecule has 2 heterocycles. The number of carbonyl (C=O) groups excluding carboxylic acids is 2. The number of nitrogens with zero attached hydrogens (tertiary/aromatic N) is 3. The monoisotopic (exact) mass is 434 g/mol. The van der Waals surface area contributed by atoms with Gasteiger partial charge in [0.2, 0.25) is 5.95 Å². The van der Waals surface area contributed by atoms with E-state index in [1.807, 2.05) is 41.5 Å². The molecule has 0 spiro atoms. The largest absolute Gasteiger partial charge is 0.498 e. The highest BCUT2D eigenvalue weighted by molar-refractivity contribution is 6.61. The molecule has 0 radical (unpaired) electrons. The lowest BCUT2D eigenvalue weighted by atomic mass is 9.81. The molecule has 2 rings (SSSR count). The van der Waals surface area contributed by atoms with Gasteiger partial charge in [0.1, 0.15) is 11.6 Å². The van der Waals surface area contributed by atoms with Gasteiger partial charge in [0.15, 0.2) is 0 Å². The molecule has 1 saturated heterocycles. The summed E-state index contributed by atoms with van der Waals surface area (Å²) < 4.78 is 17.3. The lowest BCUT2D eigenvalue weighted by Crippen LogP contribution is -2.51. The van der Waals surface area contributed by atoms with E-state index >= 15 is 0 Å². The molecular weight excluding hydrogens is 399 g/mol. The van der Waals surface area contributed by atoms with Crippen molar-refractivity contribution in [1.29, 1.82) is 0 Å². The topological polar surface area (TPSA) is 103 Å². The van der Waals surface area contributed by atoms with Gasteiger partial charge in [-0.05, 0) is 69.2 Å². The van der Waals surface area contributed by atoms with Crippen LogP contribution in [0.25, 0.3) is 0 Å². The summed E-state index contributed by atoms with van der Waals surface area (Å²) in [6.45, 7) is 18.5. The van der Waals surface area contributed by atoms with Gasteiger partial charge in [0.25, 0.3) is 5.91 Å². The second-order valence-corrected chi connectivity index (χ2v) is 10.1. The van der Waals surface area contributed by atoms with Crippen LogP contribution in [0.2, 0.25) is 0 Å². The highest BCUT2D eigenvalue weighted by Gasteiger charge is 2.52. The summed E-state index contributed by atoms with van der Waals surface area (Å²) >= 11 is 0. The van der Waals surface area contributed by atoms with E-state index < -0.39 is 36.1 Å². The highest BCUT2D eigenvalue weighted by Crippen LogP contribution is 2.36. The molecule has 1 aromatic rings. The molecule has 0 aromatic carbocycles. The first kappa shape index (κ1) is 25.1. The summed E-state index contributed by atoms with van der Waals surface area (Å²) in [6, 6.07) is -1.04. The maximum atomic E-state index is 13.0. The van der Waals surface area contributed by atoms with Crippen molar-refractivity contribution < 1.29 is 23.6 Å². The standard InChI is InChI=1S/C21H35BN4O5/c1-13(2)26(16(27)14(3)25-18(28)29-19(4,5)6)17-23-11-15(12-24-17)22-30-20(7,8)21(9,10)31-22/h11-14H,1-10H3,(H,25,28). The molecule has 1 aliphatic heterocycles. The van der Waals surface area contributed by atoms with Crippen LogP contribution in [-0.4, -0.2) is 58.0 Å². The van der Waals surface area contributed by atoms with Gasteiger partial charge in [-0.2, -0.15) is 0 Å². The Kier molecular flexibility index (Phi) is 7.07. The maximum Gasteiger partial charge on any atom is 0.498 e. The van der Waals surface area contributed by atoms with E-state index in [0.717, 1.165) is 0 Å². The van der Waals surface area contributed by atoms with Crippen LogP contribution in [-0.2, 0) is 18.8 Å². The molecule has 1 atom stereocenters. The average Bonchev–Trinajstić information content (AvgIpc) is 2.81. The highest BCUT2D eigenvalue weighted by atomic mass is 16.7. The Morgan fingerprint density at radius 2 is 1.55 bits per heavy atom. The SMILES string of the molecule is CC(NC(=O)OC(C)(C)C)C(=O)N(c1ncc(B2OC(C)(C)C(C)(C)O2)cn1)C(C)C. The Morgan fingerprint density at radius 1 is 1.06 bits per heavy atom. The number of anilines is 1. The van der Waals surface area contributed by atoms with Crippen molar-refractivity contribution in [2.24, 2.45) is 0 Å². The zero-order valence-corrected chi connectivity index (χ0v) is 20.3. The van der Waals surface area contributed by atoms with Crippen molar-refractivity contribution in [2.45, 2.75) is 98.1 Å². The zero-order chi connectivity index (χ0) is 23.8. The zero-order valence-electron chi connectivity index (χ0n) is 20.3. The normalized spacial score (nSPS) is 18.6. The van der Waals surface area contributed by atoms with Gasteiger partial charge in [0.05, 0.1) is 11.2 Å². The van der Waals surface area contributed by atoms with E-state index in [4.69, 9.17) is 14.0 Å². The minimum absolute atomic E-state index is 0.224. The molecule has 31 heavy (non-hydrogen) atoms. The van der Waals surface area contributed by atoms with E-state index in [0.29, 0.717) is 5.46 Å². The van der Waals surface area contributed by atoms with Crippen LogP contribution in [0.4, 0.5) is 10.7 Å². The molecule has 2 amide bonds. The lowest BCUT2D eigenvalue weighted by Gasteiger charge is -2.32. The lowest BCUT2D eigenvalue weighted by molar-refractivity contribution is -0.120. The van der Waals surface area contributed by atoms with Crippen LogP contribution in [0.3, 0.4) is 0 Å². The number of aromatic nitrogens is 2.